The summed E-state index contributed by atoms with van der Waals surface area (Å²) in [6.45, 7) is 0.541. The van der Waals surface area contributed by atoms with Crippen molar-refractivity contribution >= 4 is 28.2 Å². The van der Waals surface area contributed by atoms with Crippen LogP contribution in [0.3, 0.4) is 0 Å². The van der Waals surface area contributed by atoms with Crippen LogP contribution in [0.25, 0.3) is 22.6 Å². The van der Waals surface area contributed by atoms with Gasteiger partial charge in [0.25, 0.3) is 5.56 Å². The predicted molar refractivity (Wildman–Crippen MR) is 119 cm³/mol. The fourth-order valence-electron chi connectivity index (χ4n) is 3.91. The van der Waals surface area contributed by atoms with Crippen LogP contribution in [0.5, 0.6) is 0 Å². The van der Waals surface area contributed by atoms with Crippen molar-refractivity contribution in [1.82, 2.24) is 9.55 Å². The summed E-state index contributed by atoms with van der Waals surface area (Å²) < 4.78 is 1.80. The Kier molecular flexibility index (Phi) is 4.06. The van der Waals surface area contributed by atoms with Crippen LogP contribution >= 0.6 is 0 Å². The molecule has 1 aliphatic rings. The molecule has 0 fully saturated rings. The van der Waals surface area contributed by atoms with Gasteiger partial charge in [-0.15, -0.1) is 0 Å². The van der Waals surface area contributed by atoms with Crippen LogP contribution in [0.4, 0.5) is 5.69 Å². The number of fused-ring (bicyclic) bond motifs is 3. The number of benzene rings is 3. The van der Waals surface area contributed by atoms with Gasteiger partial charge in [0, 0.05) is 25.4 Å². The summed E-state index contributed by atoms with van der Waals surface area (Å²) in [5.41, 5.74) is 6.22. The summed E-state index contributed by atoms with van der Waals surface area (Å²) in [4.78, 5) is 20.2. The van der Waals surface area contributed by atoms with E-state index in [0.717, 1.165) is 39.3 Å². The van der Waals surface area contributed by atoms with Crippen molar-refractivity contribution in [3.05, 3.63) is 106 Å². The quantitative estimate of drug-likeness (QED) is 0.456. The van der Waals surface area contributed by atoms with Gasteiger partial charge >= 0.3 is 0 Å². The van der Waals surface area contributed by atoms with E-state index in [4.69, 9.17) is 4.98 Å². The molecule has 0 saturated heterocycles. The van der Waals surface area contributed by atoms with Crippen LogP contribution < -0.4 is 10.5 Å². The van der Waals surface area contributed by atoms with E-state index >= 15 is 0 Å². The van der Waals surface area contributed by atoms with Crippen LogP contribution in [0, 0.1) is 0 Å². The zero-order valence-corrected chi connectivity index (χ0v) is 16.5. The zero-order chi connectivity index (χ0) is 20.0. The summed E-state index contributed by atoms with van der Waals surface area (Å²) in [6.07, 6.45) is 2.13. The number of hydrogen-bond acceptors (Lipinski definition) is 3. The monoisotopic (exact) mass is 379 g/mol. The lowest BCUT2D eigenvalue weighted by Gasteiger charge is -2.24. The number of rotatable bonds is 2. The Bertz CT molecular complexity index is 1310. The lowest BCUT2D eigenvalue weighted by Crippen LogP contribution is -2.29. The first kappa shape index (κ1) is 17.4. The molecule has 0 unspecified atom stereocenters. The second-order valence-electron chi connectivity index (χ2n) is 7.54. The van der Waals surface area contributed by atoms with Crippen LogP contribution in [0.1, 0.15) is 22.5 Å². The van der Waals surface area contributed by atoms with E-state index in [0.29, 0.717) is 11.9 Å². The number of nitrogens with zero attached hydrogens (tertiary/aromatic N) is 3. The average Bonchev–Trinajstić information content (AvgIpc) is 2.75. The van der Waals surface area contributed by atoms with E-state index in [1.54, 1.807) is 4.57 Å². The van der Waals surface area contributed by atoms with E-state index in [1.807, 2.05) is 50.5 Å². The van der Waals surface area contributed by atoms with Gasteiger partial charge in [-0.1, -0.05) is 48.5 Å². The Labute approximate surface area is 169 Å². The van der Waals surface area contributed by atoms with Gasteiger partial charge in [0.1, 0.15) is 5.82 Å². The van der Waals surface area contributed by atoms with Gasteiger partial charge in [-0.25, -0.2) is 4.98 Å². The molecule has 0 radical (unpaired) electrons. The Morgan fingerprint density at radius 1 is 0.931 bits per heavy atom. The number of para-hydroxylation sites is 1. The molecule has 0 atom stereocenters. The number of hydrogen-bond donors (Lipinski definition) is 0. The maximum absolute atomic E-state index is 13.2. The third kappa shape index (κ3) is 2.93. The summed E-state index contributed by atoms with van der Waals surface area (Å²) in [5.74, 6) is 0.726. The molecule has 0 amide bonds. The Hall–Kier alpha value is -3.66. The second-order valence-corrected chi connectivity index (χ2v) is 7.54. The van der Waals surface area contributed by atoms with Gasteiger partial charge in [-0.05, 0) is 47.0 Å². The van der Waals surface area contributed by atoms with E-state index in [-0.39, 0.29) is 5.56 Å². The van der Waals surface area contributed by atoms with E-state index in [9.17, 15) is 4.79 Å². The van der Waals surface area contributed by atoms with E-state index in [1.165, 1.54) is 0 Å². The molecule has 1 aliphatic heterocycles. The molecule has 0 saturated carbocycles. The smallest absolute Gasteiger partial charge is 0.261 e. The van der Waals surface area contributed by atoms with Crippen LogP contribution in [-0.4, -0.2) is 23.6 Å². The summed E-state index contributed by atoms with van der Waals surface area (Å²) in [6, 6.07) is 24.2. The molecule has 0 N–H and O–H groups in total. The summed E-state index contributed by atoms with van der Waals surface area (Å²) in [5, 5.41) is 0.658. The van der Waals surface area contributed by atoms with Crippen LogP contribution in [0.2, 0.25) is 0 Å². The van der Waals surface area contributed by atoms with Crippen molar-refractivity contribution in [2.45, 2.75) is 6.54 Å². The first-order valence-electron chi connectivity index (χ1n) is 9.69. The van der Waals surface area contributed by atoms with Gasteiger partial charge in [0.05, 0.1) is 17.4 Å². The molecule has 4 aromatic rings. The molecule has 29 heavy (non-hydrogen) atoms. The molecule has 0 bridgehead atoms. The fraction of sp³-hybridized carbons (Fsp3) is 0.120. The summed E-state index contributed by atoms with van der Waals surface area (Å²) in [7, 11) is 4.06. The highest BCUT2D eigenvalue weighted by Gasteiger charge is 2.23. The summed E-state index contributed by atoms with van der Waals surface area (Å²) >= 11 is 0. The van der Waals surface area contributed by atoms with Crippen LogP contribution in [0.15, 0.2) is 77.6 Å². The van der Waals surface area contributed by atoms with Crippen molar-refractivity contribution in [1.29, 1.82) is 0 Å². The van der Waals surface area contributed by atoms with Crippen molar-refractivity contribution < 1.29 is 0 Å². The maximum atomic E-state index is 13.2. The molecule has 142 valence electrons. The molecule has 5 rings (SSSR count). The van der Waals surface area contributed by atoms with Gasteiger partial charge in [0.2, 0.25) is 0 Å². The van der Waals surface area contributed by atoms with Crippen molar-refractivity contribution in [2.24, 2.45) is 0 Å². The molecule has 1 aromatic heterocycles. The van der Waals surface area contributed by atoms with Crippen molar-refractivity contribution in [2.75, 3.05) is 19.0 Å². The first-order valence-corrected chi connectivity index (χ1v) is 9.69. The second kappa shape index (κ2) is 6.74. The molecular weight excluding hydrogens is 358 g/mol. The Balaban J connectivity index is 1.76. The van der Waals surface area contributed by atoms with Crippen molar-refractivity contribution in [3.63, 3.8) is 0 Å². The molecule has 3 aromatic carbocycles. The normalized spacial score (nSPS) is 13.9. The Morgan fingerprint density at radius 3 is 2.45 bits per heavy atom. The molecular formula is C25H21N3O. The molecule has 4 nitrogen and oxygen atoms in total. The van der Waals surface area contributed by atoms with Gasteiger partial charge in [-0.3, -0.25) is 9.36 Å². The largest absolute Gasteiger partial charge is 0.378 e. The van der Waals surface area contributed by atoms with Crippen molar-refractivity contribution in [3.8, 4) is 0 Å². The van der Waals surface area contributed by atoms with E-state index in [2.05, 4.69) is 47.4 Å². The maximum Gasteiger partial charge on any atom is 0.261 e. The minimum atomic E-state index is 0.00830. The lowest BCUT2D eigenvalue weighted by molar-refractivity contribution is 0.719. The number of aromatic nitrogens is 2. The Morgan fingerprint density at radius 2 is 1.66 bits per heavy atom. The average molecular weight is 379 g/mol. The topological polar surface area (TPSA) is 38.1 Å². The SMILES string of the molecule is CN(C)c1ccc(/C=C2\c3ccccc3Cn3c2nc2ccccc2c3=O)cc1. The highest BCUT2D eigenvalue weighted by molar-refractivity contribution is 5.93. The highest BCUT2D eigenvalue weighted by atomic mass is 16.1. The van der Waals surface area contributed by atoms with Gasteiger partial charge < -0.3 is 4.90 Å². The molecule has 4 heteroatoms. The zero-order valence-electron chi connectivity index (χ0n) is 16.5. The van der Waals surface area contributed by atoms with Crippen LogP contribution in [-0.2, 0) is 6.54 Å². The van der Waals surface area contributed by atoms with Gasteiger partial charge in [0.15, 0.2) is 0 Å². The molecule has 2 heterocycles. The van der Waals surface area contributed by atoms with E-state index < -0.39 is 0 Å². The minimum Gasteiger partial charge on any atom is -0.378 e. The molecule has 0 spiro atoms. The third-order valence-electron chi connectivity index (χ3n) is 5.46. The minimum absolute atomic E-state index is 0.00830. The van der Waals surface area contributed by atoms with Gasteiger partial charge in [-0.2, -0.15) is 0 Å². The lowest BCUT2D eigenvalue weighted by atomic mass is 9.93. The first-order chi connectivity index (χ1) is 14.1. The highest BCUT2D eigenvalue weighted by Crippen LogP contribution is 2.32. The predicted octanol–water partition coefficient (Wildman–Crippen LogP) is 4.41. The third-order valence-corrected chi connectivity index (χ3v) is 5.46. The molecule has 0 aliphatic carbocycles. The number of anilines is 1. The standard InChI is InChI=1S/C25H21N3O/c1-27(2)19-13-11-17(12-14-19)15-22-20-8-4-3-7-18(20)16-28-24(22)26-23-10-6-5-9-21(23)25(28)29/h3-15H,16H2,1-2H3/b22-15+. The fourth-order valence-corrected chi connectivity index (χ4v) is 3.91.